The van der Waals surface area contributed by atoms with E-state index < -0.39 is 15.1 Å². The Morgan fingerprint density at radius 1 is 1.44 bits per heavy atom. The first-order chi connectivity index (χ1) is 7.51. The molecule has 0 saturated carbocycles. The number of nitrogens with two attached hydrogens (primary N) is 1. The maximum Gasteiger partial charge on any atom is 0.185 e. The average molecular weight is 262 g/mol. The highest BCUT2D eigenvalue weighted by Gasteiger charge is 2.32. The third-order valence-electron chi connectivity index (χ3n) is 2.61. The van der Waals surface area contributed by atoms with Crippen LogP contribution in [0.4, 0.5) is 5.69 Å². The van der Waals surface area contributed by atoms with Gasteiger partial charge < -0.3 is 10.5 Å². The zero-order valence-corrected chi connectivity index (χ0v) is 10.1. The number of halogens is 1. The van der Waals surface area contributed by atoms with Crippen LogP contribution in [0, 0.1) is 0 Å². The normalized spacial score (nSPS) is 21.2. The van der Waals surface area contributed by atoms with Gasteiger partial charge in [-0.25, -0.2) is 8.42 Å². The van der Waals surface area contributed by atoms with Gasteiger partial charge in [0.1, 0.15) is 0 Å². The molecule has 1 aromatic rings. The Morgan fingerprint density at radius 3 is 2.81 bits per heavy atom. The van der Waals surface area contributed by atoms with Crippen LogP contribution in [0.5, 0.6) is 0 Å². The molecule has 1 fully saturated rings. The van der Waals surface area contributed by atoms with Crippen LogP contribution >= 0.6 is 11.6 Å². The third-order valence-corrected chi connectivity index (χ3v) is 5.06. The summed E-state index contributed by atoms with van der Waals surface area (Å²) in [6, 6.07) is 4.47. The number of nitrogen functional groups attached to an aromatic ring is 1. The molecule has 1 aliphatic rings. The largest absolute Gasteiger partial charge is 0.398 e. The molecule has 0 amide bonds. The molecule has 1 heterocycles. The van der Waals surface area contributed by atoms with E-state index in [1.54, 1.807) is 6.07 Å². The summed E-state index contributed by atoms with van der Waals surface area (Å²) in [5, 5.41) is -0.139. The van der Waals surface area contributed by atoms with Crippen LogP contribution in [-0.2, 0) is 14.6 Å². The molecule has 2 rings (SSSR count). The summed E-state index contributed by atoms with van der Waals surface area (Å²) < 4.78 is 29.5. The molecule has 2 N–H and O–H groups in total. The minimum absolute atomic E-state index is 0.107. The van der Waals surface area contributed by atoms with Crippen molar-refractivity contribution in [1.29, 1.82) is 0 Å². The predicted octanol–water partition coefficient (Wildman–Crippen LogP) is 1.48. The minimum atomic E-state index is -3.43. The maximum absolute atomic E-state index is 12.2. The molecule has 1 atom stereocenters. The highest BCUT2D eigenvalue weighted by atomic mass is 35.5. The summed E-state index contributed by atoms with van der Waals surface area (Å²) >= 11 is 5.78. The van der Waals surface area contributed by atoms with E-state index in [1.807, 2.05) is 0 Å². The van der Waals surface area contributed by atoms with Crippen molar-refractivity contribution < 1.29 is 13.2 Å². The average Bonchev–Trinajstić information content (AvgIpc) is 2.75. The van der Waals surface area contributed by atoms with E-state index in [2.05, 4.69) is 0 Å². The Hall–Kier alpha value is -0.780. The van der Waals surface area contributed by atoms with Gasteiger partial charge in [-0.2, -0.15) is 0 Å². The Labute approximate surface area is 99.3 Å². The number of rotatable bonds is 2. The van der Waals surface area contributed by atoms with Crippen LogP contribution in [0.25, 0.3) is 0 Å². The smallest absolute Gasteiger partial charge is 0.185 e. The van der Waals surface area contributed by atoms with Crippen molar-refractivity contribution in [3.8, 4) is 0 Å². The first kappa shape index (κ1) is 11.7. The van der Waals surface area contributed by atoms with Crippen molar-refractivity contribution in [2.45, 2.75) is 16.6 Å². The number of benzene rings is 1. The molecule has 0 spiro atoms. The highest BCUT2D eigenvalue weighted by molar-refractivity contribution is 7.92. The van der Waals surface area contributed by atoms with Gasteiger partial charge in [0.25, 0.3) is 0 Å². The molecule has 0 aromatic heterocycles. The van der Waals surface area contributed by atoms with Gasteiger partial charge in [0.05, 0.1) is 22.4 Å². The Kier molecular flexibility index (Phi) is 3.10. The van der Waals surface area contributed by atoms with Crippen molar-refractivity contribution in [3.63, 3.8) is 0 Å². The SMILES string of the molecule is Nc1ccc(Cl)cc1S(=O)(=O)C1CCOC1. The van der Waals surface area contributed by atoms with Crippen LogP contribution in [0.15, 0.2) is 23.1 Å². The van der Waals surface area contributed by atoms with Gasteiger partial charge >= 0.3 is 0 Å². The molecule has 6 heteroatoms. The fourth-order valence-electron chi connectivity index (χ4n) is 1.69. The van der Waals surface area contributed by atoms with Gasteiger partial charge in [-0.05, 0) is 24.6 Å². The van der Waals surface area contributed by atoms with Gasteiger partial charge in [0, 0.05) is 11.6 Å². The molecule has 1 saturated heterocycles. The second kappa shape index (κ2) is 4.24. The second-order valence-corrected chi connectivity index (χ2v) is 6.35. The molecular weight excluding hydrogens is 250 g/mol. The first-order valence-corrected chi connectivity index (χ1v) is 6.81. The Bertz CT molecular complexity index is 495. The predicted molar refractivity (Wildman–Crippen MR) is 62.3 cm³/mol. The van der Waals surface area contributed by atoms with Gasteiger partial charge in [0.2, 0.25) is 0 Å². The van der Waals surface area contributed by atoms with Gasteiger partial charge in [-0.3, -0.25) is 0 Å². The molecule has 1 unspecified atom stereocenters. The monoisotopic (exact) mass is 261 g/mol. The maximum atomic E-state index is 12.2. The fourth-order valence-corrected chi connectivity index (χ4v) is 3.66. The van der Waals surface area contributed by atoms with Crippen molar-refractivity contribution >= 4 is 27.1 Å². The summed E-state index contributed by atoms with van der Waals surface area (Å²) in [4.78, 5) is 0.107. The van der Waals surface area contributed by atoms with E-state index in [0.29, 0.717) is 18.1 Å². The lowest BCUT2D eigenvalue weighted by atomic mass is 10.3. The molecule has 1 aliphatic heterocycles. The molecule has 0 bridgehead atoms. The molecule has 4 nitrogen and oxygen atoms in total. The molecule has 1 aromatic carbocycles. The molecule has 0 aliphatic carbocycles. The van der Waals surface area contributed by atoms with Crippen molar-refractivity contribution in [2.24, 2.45) is 0 Å². The summed E-state index contributed by atoms with van der Waals surface area (Å²) in [6.45, 7) is 0.707. The van der Waals surface area contributed by atoms with Crippen LogP contribution in [0.3, 0.4) is 0 Å². The summed E-state index contributed by atoms with van der Waals surface area (Å²) in [5.74, 6) is 0. The van der Waals surface area contributed by atoms with E-state index in [9.17, 15) is 8.42 Å². The van der Waals surface area contributed by atoms with Gasteiger partial charge in [-0.15, -0.1) is 0 Å². The lowest BCUT2D eigenvalue weighted by Crippen LogP contribution is -2.22. The molecular formula is C10H12ClNO3S. The zero-order valence-electron chi connectivity index (χ0n) is 8.52. The first-order valence-electron chi connectivity index (χ1n) is 4.88. The van der Waals surface area contributed by atoms with Crippen LogP contribution in [0.2, 0.25) is 5.02 Å². The summed E-state index contributed by atoms with van der Waals surface area (Å²) in [6.07, 6.45) is 0.508. The molecule has 0 radical (unpaired) electrons. The zero-order chi connectivity index (χ0) is 11.8. The highest BCUT2D eigenvalue weighted by Crippen LogP contribution is 2.28. The van der Waals surface area contributed by atoms with E-state index in [0.717, 1.165) is 0 Å². The Morgan fingerprint density at radius 2 is 2.19 bits per heavy atom. The lowest BCUT2D eigenvalue weighted by molar-refractivity contribution is 0.198. The van der Waals surface area contributed by atoms with E-state index in [1.165, 1.54) is 12.1 Å². The number of hydrogen-bond donors (Lipinski definition) is 1. The summed E-state index contributed by atoms with van der Waals surface area (Å²) in [5.41, 5.74) is 5.90. The number of hydrogen-bond acceptors (Lipinski definition) is 4. The van der Waals surface area contributed by atoms with Crippen LogP contribution < -0.4 is 5.73 Å². The lowest BCUT2D eigenvalue weighted by Gasteiger charge is -2.12. The topological polar surface area (TPSA) is 69.4 Å². The van der Waals surface area contributed by atoms with Crippen LogP contribution in [0.1, 0.15) is 6.42 Å². The third kappa shape index (κ3) is 2.03. The number of sulfone groups is 1. The number of anilines is 1. The van der Waals surface area contributed by atoms with E-state index >= 15 is 0 Å². The van der Waals surface area contributed by atoms with Crippen LogP contribution in [-0.4, -0.2) is 26.9 Å². The van der Waals surface area contributed by atoms with Crippen molar-refractivity contribution in [2.75, 3.05) is 18.9 Å². The molecule has 16 heavy (non-hydrogen) atoms. The fraction of sp³-hybridized carbons (Fsp3) is 0.400. The van der Waals surface area contributed by atoms with E-state index in [4.69, 9.17) is 22.1 Å². The molecule has 88 valence electrons. The van der Waals surface area contributed by atoms with Crippen molar-refractivity contribution in [3.05, 3.63) is 23.2 Å². The standard InChI is InChI=1S/C10H12ClNO3S/c11-7-1-2-9(12)10(5-7)16(13,14)8-3-4-15-6-8/h1-2,5,8H,3-4,6,12H2. The number of ether oxygens (including phenoxy) is 1. The second-order valence-electron chi connectivity index (χ2n) is 3.71. The quantitative estimate of drug-likeness (QED) is 0.819. The Balaban J connectivity index is 2.46. The summed E-state index contributed by atoms with van der Waals surface area (Å²) in [7, 11) is -3.43. The minimum Gasteiger partial charge on any atom is -0.398 e. The van der Waals surface area contributed by atoms with Gasteiger partial charge in [-0.1, -0.05) is 11.6 Å². The van der Waals surface area contributed by atoms with Gasteiger partial charge in [0.15, 0.2) is 9.84 Å². The van der Waals surface area contributed by atoms with E-state index in [-0.39, 0.29) is 17.2 Å². The van der Waals surface area contributed by atoms with Crippen molar-refractivity contribution in [1.82, 2.24) is 0 Å².